The molecule has 0 spiro atoms. The summed E-state index contributed by atoms with van der Waals surface area (Å²) >= 11 is 0. The minimum absolute atomic E-state index is 1.06. The fourth-order valence-electron chi connectivity index (χ4n) is 0.798. The SMILES string of the molecule is CNc1ccc[nH]1.c1ccncc1. The van der Waals surface area contributed by atoms with Crippen LogP contribution >= 0.6 is 0 Å². The lowest BCUT2D eigenvalue weighted by molar-refractivity contribution is 1.33. The first kappa shape index (κ1) is 9.32. The van der Waals surface area contributed by atoms with Gasteiger partial charge in [-0.1, -0.05) is 6.07 Å². The quantitative estimate of drug-likeness (QED) is 0.697. The fourth-order valence-corrected chi connectivity index (χ4v) is 0.798. The van der Waals surface area contributed by atoms with E-state index in [9.17, 15) is 0 Å². The highest BCUT2D eigenvalue weighted by atomic mass is 14.9. The van der Waals surface area contributed by atoms with Crippen molar-refractivity contribution < 1.29 is 0 Å². The summed E-state index contributed by atoms with van der Waals surface area (Å²) in [5, 5.41) is 2.95. The highest BCUT2D eigenvalue weighted by molar-refractivity contribution is 5.32. The van der Waals surface area contributed by atoms with Crippen LogP contribution in [0.2, 0.25) is 0 Å². The zero-order chi connectivity index (χ0) is 9.36. The monoisotopic (exact) mass is 175 g/mol. The van der Waals surface area contributed by atoms with E-state index in [2.05, 4.69) is 15.3 Å². The van der Waals surface area contributed by atoms with Gasteiger partial charge in [0.1, 0.15) is 5.82 Å². The zero-order valence-electron chi connectivity index (χ0n) is 7.57. The van der Waals surface area contributed by atoms with E-state index < -0.39 is 0 Å². The van der Waals surface area contributed by atoms with Crippen molar-refractivity contribution in [2.45, 2.75) is 0 Å². The molecule has 2 rings (SSSR count). The number of nitrogens with one attached hydrogen (secondary N) is 2. The van der Waals surface area contributed by atoms with Gasteiger partial charge in [0, 0.05) is 25.6 Å². The molecule has 0 aromatic carbocycles. The summed E-state index contributed by atoms with van der Waals surface area (Å²) in [6, 6.07) is 9.64. The molecule has 0 aliphatic rings. The number of aromatic amines is 1. The van der Waals surface area contributed by atoms with Gasteiger partial charge in [-0.05, 0) is 24.3 Å². The van der Waals surface area contributed by atoms with Gasteiger partial charge in [0.15, 0.2) is 0 Å². The Morgan fingerprint density at radius 2 is 1.92 bits per heavy atom. The highest BCUT2D eigenvalue weighted by Gasteiger charge is 1.78. The molecule has 2 aromatic rings. The zero-order valence-corrected chi connectivity index (χ0v) is 7.57. The molecule has 68 valence electrons. The molecular weight excluding hydrogens is 162 g/mol. The van der Waals surface area contributed by atoms with E-state index in [1.165, 1.54) is 0 Å². The number of rotatable bonds is 1. The Balaban J connectivity index is 0.000000132. The summed E-state index contributed by atoms with van der Waals surface area (Å²) < 4.78 is 0. The number of pyridine rings is 1. The molecule has 0 atom stereocenters. The van der Waals surface area contributed by atoms with Gasteiger partial charge in [0.2, 0.25) is 0 Å². The van der Waals surface area contributed by atoms with Crippen molar-refractivity contribution >= 4 is 5.82 Å². The summed E-state index contributed by atoms with van der Waals surface area (Å²) in [5.74, 6) is 1.06. The Hall–Kier alpha value is -1.77. The molecule has 2 N–H and O–H groups in total. The predicted octanol–water partition coefficient (Wildman–Crippen LogP) is 2.14. The molecule has 0 fully saturated rings. The minimum atomic E-state index is 1.06. The van der Waals surface area contributed by atoms with Crippen LogP contribution in [0.5, 0.6) is 0 Å². The van der Waals surface area contributed by atoms with Gasteiger partial charge in [0.05, 0.1) is 0 Å². The van der Waals surface area contributed by atoms with Gasteiger partial charge >= 0.3 is 0 Å². The van der Waals surface area contributed by atoms with Gasteiger partial charge in [-0.15, -0.1) is 0 Å². The van der Waals surface area contributed by atoms with Crippen LogP contribution in [-0.4, -0.2) is 17.0 Å². The average molecular weight is 175 g/mol. The number of nitrogens with zero attached hydrogens (tertiary/aromatic N) is 1. The first-order valence-corrected chi connectivity index (χ1v) is 4.09. The summed E-state index contributed by atoms with van der Waals surface area (Å²) in [6.07, 6.45) is 5.38. The first-order chi connectivity index (χ1) is 6.43. The van der Waals surface area contributed by atoms with Crippen molar-refractivity contribution in [3.8, 4) is 0 Å². The van der Waals surface area contributed by atoms with Crippen LogP contribution < -0.4 is 5.32 Å². The van der Waals surface area contributed by atoms with Crippen LogP contribution in [0.4, 0.5) is 5.82 Å². The standard InChI is InChI=1S/C5H8N2.C5H5N/c1-6-5-3-2-4-7-5;1-2-4-6-5-3-1/h2-4,6-7H,1H3;1-5H. The molecule has 0 unspecified atom stereocenters. The van der Waals surface area contributed by atoms with E-state index in [-0.39, 0.29) is 0 Å². The summed E-state index contributed by atoms with van der Waals surface area (Å²) in [7, 11) is 1.88. The molecule has 0 aliphatic heterocycles. The van der Waals surface area contributed by atoms with Gasteiger partial charge in [-0.2, -0.15) is 0 Å². The maximum absolute atomic E-state index is 3.78. The van der Waals surface area contributed by atoms with Crippen molar-refractivity contribution in [1.82, 2.24) is 9.97 Å². The molecule has 3 heteroatoms. The maximum atomic E-state index is 3.78. The number of aromatic nitrogens is 2. The molecular formula is C10H13N3. The normalized spacial score (nSPS) is 8.38. The van der Waals surface area contributed by atoms with Crippen LogP contribution in [0.1, 0.15) is 0 Å². The smallest absolute Gasteiger partial charge is 0.102 e. The Morgan fingerprint density at radius 3 is 2.15 bits per heavy atom. The maximum Gasteiger partial charge on any atom is 0.102 e. The van der Waals surface area contributed by atoms with Crippen molar-refractivity contribution in [2.75, 3.05) is 12.4 Å². The second-order valence-corrected chi connectivity index (χ2v) is 2.36. The second-order valence-electron chi connectivity index (χ2n) is 2.36. The third-order valence-electron chi connectivity index (χ3n) is 1.43. The molecule has 0 amide bonds. The summed E-state index contributed by atoms with van der Waals surface area (Å²) in [6.45, 7) is 0. The van der Waals surface area contributed by atoms with Gasteiger partial charge in [-0.25, -0.2) is 0 Å². The van der Waals surface area contributed by atoms with Crippen LogP contribution in [0.15, 0.2) is 48.9 Å². The van der Waals surface area contributed by atoms with Crippen LogP contribution in [0.25, 0.3) is 0 Å². The topological polar surface area (TPSA) is 40.7 Å². The molecule has 0 saturated heterocycles. The molecule has 0 radical (unpaired) electrons. The van der Waals surface area contributed by atoms with E-state index in [0.29, 0.717) is 0 Å². The molecule has 0 saturated carbocycles. The Labute approximate surface area is 77.8 Å². The first-order valence-electron chi connectivity index (χ1n) is 4.09. The highest BCUT2D eigenvalue weighted by Crippen LogP contribution is 1.96. The van der Waals surface area contributed by atoms with Crippen molar-refractivity contribution in [2.24, 2.45) is 0 Å². The van der Waals surface area contributed by atoms with E-state index in [0.717, 1.165) is 5.82 Å². The molecule has 2 aromatic heterocycles. The fraction of sp³-hybridized carbons (Fsp3) is 0.100. The van der Waals surface area contributed by atoms with Gasteiger partial charge in [0.25, 0.3) is 0 Å². The lowest BCUT2D eigenvalue weighted by atomic mass is 10.5. The van der Waals surface area contributed by atoms with Crippen LogP contribution in [0.3, 0.4) is 0 Å². The average Bonchev–Trinajstić information content (AvgIpc) is 2.74. The second kappa shape index (κ2) is 5.83. The van der Waals surface area contributed by atoms with E-state index in [1.807, 2.05) is 43.6 Å². The van der Waals surface area contributed by atoms with Crippen LogP contribution in [-0.2, 0) is 0 Å². The third-order valence-corrected chi connectivity index (χ3v) is 1.43. The number of H-pyrrole nitrogens is 1. The predicted molar refractivity (Wildman–Crippen MR) is 54.6 cm³/mol. The Morgan fingerprint density at radius 1 is 1.15 bits per heavy atom. The third kappa shape index (κ3) is 3.96. The Kier molecular flexibility index (Phi) is 4.18. The van der Waals surface area contributed by atoms with E-state index in [1.54, 1.807) is 12.4 Å². The lowest BCUT2D eigenvalue weighted by Crippen LogP contribution is -1.84. The number of hydrogen-bond donors (Lipinski definition) is 2. The summed E-state index contributed by atoms with van der Waals surface area (Å²) in [4.78, 5) is 6.76. The Bertz CT molecular complexity index is 262. The van der Waals surface area contributed by atoms with E-state index in [4.69, 9.17) is 0 Å². The van der Waals surface area contributed by atoms with Gasteiger partial charge in [-0.3, -0.25) is 4.98 Å². The molecule has 13 heavy (non-hydrogen) atoms. The van der Waals surface area contributed by atoms with Crippen molar-refractivity contribution in [3.05, 3.63) is 48.9 Å². The van der Waals surface area contributed by atoms with Gasteiger partial charge < -0.3 is 10.3 Å². The van der Waals surface area contributed by atoms with Crippen molar-refractivity contribution in [3.63, 3.8) is 0 Å². The summed E-state index contributed by atoms with van der Waals surface area (Å²) in [5.41, 5.74) is 0. The van der Waals surface area contributed by atoms with Crippen molar-refractivity contribution in [1.29, 1.82) is 0 Å². The molecule has 2 heterocycles. The van der Waals surface area contributed by atoms with E-state index >= 15 is 0 Å². The van der Waals surface area contributed by atoms with Crippen LogP contribution in [0, 0.1) is 0 Å². The number of anilines is 1. The largest absolute Gasteiger partial charge is 0.375 e. The molecule has 0 bridgehead atoms. The number of hydrogen-bond acceptors (Lipinski definition) is 2. The molecule has 0 aliphatic carbocycles. The molecule has 3 nitrogen and oxygen atoms in total. The minimum Gasteiger partial charge on any atom is -0.375 e. The lowest BCUT2D eigenvalue weighted by Gasteiger charge is -1.87.